The lowest BCUT2D eigenvalue weighted by molar-refractivity contribution is -0.146. The van der Waals surface area contributed by atoms with E-state index >= 15 is 0 Å². The summed E-state index contributed by atoms with van der Waals surface area (Å²) in [5.74, 6) is -0.561. The SMILES string of the molecule is Cc1cccc(N2CCN(C(=O)C(C)(C)C(=O)Nc3cccc(C#N)c3)CC2)c1. The van der Waals surface area contributed by atoms with Crippen molar-refractivity contribution in [1.29, 1.82) is 5.26 Å². The lowest BCUT2D eigenvalue weighted by atomic mass is 9.89. The number of carbonyl (C=O) groups is 2. The fourth-order valence-electron chi connectivity index (χ4n) is 3.44. The number of nitriles is 1. The lowest BCUT2D eigenvalue weighted by Crippen LogP contribution is -2.54. The molecule has 6 nitrogen and oxygen atoms in total. The highest BCUT2D eigenvalue weighted by atomic mass is 16.2. The largest absolute Gasteiger partial charge is 0.368 e. The van der Waals surface area contributed by atoms with Gasteiger partial charge in [-0.05, 0) is 56.7 Å². The molecule has 0 spiro atoms. The van der Waals surface area contributed by atoms with E-state index in [4.69, 9.17) is 5.26 Å². The molecule has 0 atom stereocenters. The second-order valence-corrected chi connectivity index (χ2v) is 7.89. The second-order valence-electron chi connectivity index (χ2n) is 7.89. The summed E-state index contributed by atoms with van der Waals surface area (Å²) in [5.41, 5.74) is 2.14. The number of carbonyl (C=O) groups excluding carboxylic acids is 2. The maximum absolute atomic E-state index is 13.1. The molecule has 1 aliphatic rings. The van der Waals surface area contributed by atoms with Crippen LogP contribution in [0.5, 0.6) is 0 Å². The molecule has 6 heteroatoms. The lowest BCUT2D eigenvalue weighted by Gasteiger charge is -2.39. The van der Waals surface area contributed by atoms with Crippen molar-refractivity contribution >= 4 is 23.2 Å². The molecule has 1 fully saturated rings. The van der Waals surface area contributed by atoms with Crippen molar-refractivity contribution in [1.82, 2.24) is 4.90 Å². The minimum atomic E-state index is -1.20. The Morgan fingerprint density at radius 3 is 2.38 bits per heavy atom. The van der Waals surface area contributed by atoms with Crippen molar-refractivity contribution in [2.45, 2.75) is 20.8 Å². The first-order valence-corrected chi connectivity index (χ1v) is 9.74. The summed E-state index contributed by atoms with van der Waals surface area (Å²) in [6.45, 7) is 7.98. The third-order valence-corrected chi connectivity index (χ3v) is 5.29. The van der Waals surface area contributed by atoms with E-state index in [9.17, 15) is 9.59 Å². The second kappa shape index (κ2) is 8.36. The van der Waals surface area contributed by atoms with Gasteiger partial charge in [-0.1, -0.05) is 18.2 Å². The van der Waals surface area contributed by atoms with Crippen LogP contribution in [0.3, 0.4) is 0 Å². The molecule has 0 aliphatic carbocycles. The van der Waals surface area contributed by atoms with Gasteiger partial charge >= 0.3 is 0 Å². The maximum atomic E-state index is 13.1. The Hall–Kier alpha value is -3.33. The van der Waals surface area contributed by atoms with Gasteiger partial charge in [-0.25, -0.2) is 0 Å². The average molecular weight is 390 g/mol. The number of hydrogen-bond donors (Lipinski definition) is 1. The van der Waals surface area contributed by atoms with Crippen molar-refractivity contribution in [3.05, 3.63) is 59.7 Å². The molecule has 0 radical (unpaired) electrons. The van der Waals surface area contributed by atoms with Crippen LogP contribution in [-0.2, 0) is 9.59 Å². The number of rotatable bonds is 4. The number of nitrogens with zero attached hydrogens (tertiary/aromatic N) is 3. The first-order chi connectivity index (χ1) is 13.8. The van der Waals surface area contributed by atoms with E-state index in [0.717, 1.165) is 18.8 Å². The van der Waals surface area contributed by atoms with Crippen LogP contribution < -0.4 is 10.2 Å². The molecular weight excluding hydrogens is 364 g/mol. The number of aryl methyl sites for hydroxylation is 1. The van der Waals surface area contributed by atoms with E-state index < -0.39 is 5.41 Å². The molecule has 0 unspecified atom stereocenters. The minimum absolute atomic E-state index is 0.185. The van der Waals surface area contributed by atoms with Crippen molar-refractivity contribution in [3.8, 4) is 6.07 Å². The quantitative estimate of drug-likeness (QED) is 0.814. The molecule has 29 heavy (non-hydrogen) atoms. The van der Waals surface area contributed by atoms with E-state index in [0.29, 0.717) is 24.3 Å². The van der Waals surface area contributed by atoms with Gasteiger partial charge in [0.05, 0.1) is 11.6 Å². The highest BCUT2D eigenvalue weighted by molar-refractivity contribution is 6.09. The molecule has 2 aromatic rings. The summed E-state index contributed by atoms with van der Waals surface area (Å²) in [4.78, 5) is 29.9. The Kier molecular flexibility index (Phi) is 5.88. The molecule has 1 saturated heterocycles. The molecule has 0 aromatic heterocycles. The maximum Gasteiger partial charge on any atom is 0.239 e. The zero-order valence-electron chi connectivity index (χ0n) is 17.1. The molecule has 2 aromatic carbocycles. The van der Waals surface area contributed by atoms with Crippen LogP contribution in [0.2, 0.25) is 0 Å². The topological polar surface area (TPSA) is 76.4 Å². The van der Waals surface area contributed by atoms with Gasteiger partial charge in [-0.3, -0.25) is 9.59 Å². The third-order valence-electron chi connectivity index (χ3n) is 5.29. The number of benzene rings is 2. The first-order valence-electron chi connectivity index (χ1n) is 9.74. The normalized spacial score (nSPS) is 14.3. The van der Waals surface area contributed by atoms with Gasteiger partial charge in [-0.2, -0.15) is 5.26 Å². The van der Waals surface area contributed by atoms with E-state index in [1.165, 1.54) is 5.56 Å². The molecule has 3 rings (SSSR count). The Bertz CT molecular complexity index is 953. The molecule has 0 saturated carbocycles. The fraction of sp³-hybridized carbons (Fsp3) is 0.348. The van der Waals surface area contributed by atoms with Crippen LogP contribution in [-0.4, -0.2) is 42.9 Å². The summed E-state index contributed by atoms with van der Waals surface area (Å²) < 4.78 is 0. The molecule has 0 bridgehead atoms. The standard InChI is InChI=1S/C23H26N4O2/c1-17-6-4-9-20(14-17)26-10-12-27(13-11-26)22(29)23(2,3)21(28)25-19-8-5-7-18(15-19)16-24/h4-9,14-15H,10-13H2,1-3H3,(H,25,28). The first kappa shape index (κ1) is 20.4. The fourth-order valence-corrected chi connectivity index (χ4v) is 3.44. The summed E-state index contributed by atoms with van der Waals surface area (Å²) in [5, 5.41) is 11.8. The Morgan fingerprint density at radius 1 is 1.03 bits per heavy atom. The van der Waals surface area contributed by atoms with Crippen LogP contribution in [0.1, 0.15) is 25.0 Å². The van der Waals surface area contributed by atoms with Gasteiger partial charge in [-0.15, -0.1) is 0 Å². The molecular formula is C23H26N4O2. The number of nitrogens with one attached hydrogen (secondary N) is 1. The predicted molar refractivity (Wildman–Crippen MR) is 114 cm³/mol. The van der Waals surface area contributed by atoms with Crippen LogP contribution in [0, 0.1) is 23.7 Å². The monoisotopic (exact) mass is 390 g/mol. The van der Waals surface area contributed by atoms with E-state index in [1.54, 1.807) is 43.0 Å². The predicted octanol–water partition coefficient (Wildman–Crippen LogP) is 3.18. The van der Waals surface area contributed by atoms with Gasteiger partial charge in [0.25, 0.3) is 0 Å². The Balaban J connectivity index is 1.63. The van der Waals surface area contributed by atoms with Crippen LogP contribution in [0.25, 0.3) is 0 Å². The molecule has 2 amide bonds. The van der Waals surface area contributed by atoms with Gasteiger partial charge in [0.15, 0.2) is 0 Å². The smallest absolute Gasteiger partial charge is 0.239 e. The third kappa shape index (κ3) is 4.57. The minimum Gasteiger partial charge on any atom is -0.368 e. The zero-order chi connectivity index (χ0) is 21.0. The Morgan fingerprint density at radius 2 is 1.72 bits per heavy atom. The van der Waals surface area contributed by atoms with Crippen molar-refractivity contribution in [2.24, 2.45) is 5.41 Å². The number of piperazine rings is 1. The van der Waals surface area contributed by atoms with Crippen molar-refractivity contribution in [3.63, 3.8) is 0 Å². The molecule has 1 aliphatic heterocycles. The Labute approximate surface area is 171 Å². The number of hydrogen-bond acceptors (Lipinski definition) is 4. The highest BCUT2D eigenvalue weighted by Gasteiger charge is 2.40. The van der Waals surface area contributed by atoms with Gasteiger partial charge in [0.2, 0.25) is 11.8 Å². The number of amides is 2. The number of anilines is 2. The van der Waals surface area contributed by atoms with Crippen molar-refractivity contribution in [2.75, 3.05) is 36.4 Å². The summed E-state index contributed by atoms with van der Waals surface area (Å²) in [6.07, 6.45) is 0. The zero-order valence-corrected chi connectivity index (χ0v) is 17.1. The molecule has 1 heterocycles. The van der Waals surface area contributed by atoms with Crippen LogP contribution >= 0.6 is 0 Å². The summed E-state index contributed by atoms with van der Waals surface area (Å²) >= 11 is 0. The van der Waals surface area contributed by atoms with Gasteiger partial charge in [0.1, 0.15) is 5.41 Å². The molecule has 150 valence electrons. The molecule has 1 N–H and O–H groups in total. The van der Waals surface area contributed by atoms with Crippen molar-refractivity contribution < 1.29 is 9.59 Å². The summed E-state index contributed by atoms with van der Waals surface area (Å²) in [6, 6.07) is 17.0. The van der Waals surface area contributed by atoms with E-state index in [1.807, 2.05) is 12.1 Å². The van der Waals surface area contributed by atoms with Crippen LogP contribution in [0.15, 0.2) is 48.5 Å². The average Bonchev–Trinajstić information content (AvgIpc) is 2.73. The van der Waals surface area contributed by atoms with Gasteiger partial charge in [0, 0.05) is 37.6 Å². The van der Waals surface area contributed by atoms with E-state index in [2.05, 4.69) is 35.3 Å². The van der Waals surface area contributed by atoms with Gasteiger partial charge < -0.3 is 15.1 Å². The van der Waals surface area contributed by atoms with E-state index in [-0.39, 0.29) is 11.8 Å². The summed E-state index contributed by atoms with van der Waals surface area (Å²) in [7, 11) is 0. The van der Waals surface area contributed by atoms with Crippen LogP contribution in [0.4, 0.5) is 11.4 Å². The highest BCUT2D eigenvalue weighted by Crippen LogP contribution is 2.25.